The van der Waals surface area contributed by atoms with Crippen molar-refractivity contribution in [3.8, 4) is 0 Å². The van der Waals surface area contributed by atoms with Gasteiger partial charge in [-0.3, -0.25) is 0 Å². The van der Waals surface area contributed by atoms with E-state index in [1.165, 1.54) is 5.56 Å². The van der Waals surface area contributed by atoms with E-state index in [0.29, 0.717) is 6.54 Å². The Bertz CT molecular complexity index is 632. The summed E-state index contributed by atoms with van der Waals surface area (Å²) in [6.45, 7) is 4.28. The highest BCUT2D eigenvalue weighted by atomic mass is 127. The summed E-state index contributed by atoms with van der Waals surface area (Å²) in [6, 6.07) is 18.2. The SMILES string of the molecule is CCNC(=NCc1ccccc1CO)N(C)Cc1ccccc1.I. The molecule has 0 saturated carbocycles. The Hall–Kier alpha value is -1.60. The van der Waals surface area contributed by atoms with Crippen LogP contribution in [0.2, 0.25) is 0 Å². The molecular weight excluding hydrogens is 413 g/mol. The average Bonchev–Trinajstić information content (AvgIpc) is 2.59. The van der Waals surface area contributed by atoms with E-state index in [2.05, 4.69) is 29.3 Å². The molecule has 0 amide bonds. The molecule has 0 atom stereocenters. The topological polar surface area (TPSA) is 47.9 Å². The molecule has 0 heterocycles. The predicted molar refractivity (Wildman–Crippen MR) is 111 cm³/mol. The maximum Gasteiger partial charge on any atom is 0.194 e. The van der Waals surface area contributed by atoms with Gasteiger partial charge in [0, 0.05) is 20.1 Å². The summed E-state index contributed by atoms with van der Waals surface area (Å²) in [5, 5.41) is 12.7. The van der Waals surface area contributed by atoms with E-state index in [-0.39, 0.29) is 30.6 Å². The van der Waals surface area contributed by atoms with Crippen molar-refractivity contribution in [3.63, 3.8) is 0 Å². The number of halogens is 1. The van der Waals surface area contributed by atoms with Crippen LogP contribution < -0.4 is 5.32 Å². The van der Waals surface area contributed by atoms with Crippen LogP contribution in [0.5, 0.6) is 0 Å². The van der Waals surface area contributed by atoms with Gasteiger partial charge in [0.25, 0.3) is 0 Å². The van der Waals surface area contributed by atoms with E-state index in [0.717, 1.165) is 30.2 Å². The van der Waals surface area contributed by atoms with Gasteiger partial charge < -0.3 is 15.3 Å². The molecule has 2 aromatic carbocycles. The highest BCUT2D eigenvalue weighted by Crippen LogP contribution is 2.10. The van der Waals surface area contributed by atoms with Crippen LogP contribution in [0.25, 0.3) is 0 Å². The van der Waals surface area contributed by atoms with Gasteiger partial charge in [-0.2, -0.15) is 0 Å². The first kappa shape index (κ1) is 20.4. The van der Waals surface area contributed by atoms with Crippen molar-refractivity contribution >= 4 is 29.9 Å². The van der Waals surface area contributed by atoms with Gasteiger partial charge in [0.1, 0.15) is 0 Å². The molecule has 0 aliphatic carbocycles. The number of hydrogen-bond donors (Lipinski definition) is 2. The van der Waals surface area contributed by atoms with Crippen LogP contribution >= 0.6 is 24.0 Å². The van der Waals surface area contributed by atoms with E-state index in [1.807, 2.05) is 49.5 Å². The van der Waals surface area contributed by atoms with E-state index in [1.54, 1.807) is 0 Å². The lowest BCUT2D eigenvalue weighted by atomic mass is 10.1. The van der Waals surface area contributed by atoms with Gasteiger partial charge in [-0.15, -0.1) is 24.0 Å². The summed E-state index contributed by atoms with van der Waals surface area (Å²) in [6.07, 6.45) is 0. The summed E-state index contributed by atoms with van der Waals surface area (Å²) >= 11 is 0. The van der Waals surface area contributed by atoms with Crippen LogP contribution in [-0.2, 0) is 19.7 Å². The van der Waals surface area contributed by atoms with Gasteiger partial charge in [0.15, 0.2) is 5.96 Å². The van der Waals surface area contributed by atoms with Crippen LogP contribution in [0.4, 0.5) is 0 Å². The second kappa shape index (κ2) is 11.0. The van der Waals surface area contributed by atoms with Gasteiger partial charge in [-0.05, 0) is 23.6 Å². The fraction of sp³-hybridized carbons (Fsp3) is 0.316. The second-order valence-electron chi connectivity index (χ2n) is 5.44. The third-order valence-corrected chi connectivity index (χ3v) is 3.65. The summed E-state index contributed by atoms with van der Waals surface area (Å²) in [7, 11) is 2.03. The van der Waals surface area contributed by atoms with Crippen LogP contribution in [-0.4, -0.2) is 29.6 Å². The fourth-order valence-electron chi connectivity index (χ4n) is 2.43. The molecular formula is C19H26IN3O. The van der Waals surface area contributed by atoms with Crippen LogP contribution in [0, 0.1) is 0 Å². The molecule has 5 heteroatoms. The van der Waals surface area contributed by atoms with Crippen molar-refractivity contribution in [2.75, 3.05) is 13.6 Å². The molecule has 2 aromatic rings. The molecule has 2 rings (SSSR count). The fourth-order valence-corrected chi connectivity index (χ4v) is 2.43. The summed E-state index contributed by atoms with van der Waals surface area (Å²) < 4.78 is 0. The first-order valence-corrected chi connectivity index (χ1v) is 7.95. The van der Waals surface area contributed by atoms with Crippen LogP contribution in [0.3, 0.4) is 0 Å². The minimum Gasteiger partial charge on any atom is -0.392 e. The minimum atomic E-state index is 0. The number of aliphatic hydroxyl groups is 1. The first-order chi connectivity index (χ1) is 11.2. The maximum atomic E-state index is 9.42. The predicted octanol–water partition coefficient (Wildman–Crippen LogP) is 3.39. The lowest BCUT2D eigenvalue weighted by molar-refractivity contribution is 0.280. The highest BCUT2D eigenvalue weighted by Gasteiger charge is 2.07. The number of aliphatic hydroxyl groups excluding tert-OH is 1. The van der Waals surface area contributed by atoms with Gasteiger partial charge in [0.2, 0.25) is 0 Å². The monoisotopic (exact) mass is 439 g/mol. The van der Waals surface area contributed by atoms with E-state index >= 15 is 0 Å². The quantitative estimate of drug-likeness (QED) is 0.412. The van der Waals surface area contributed by atoms with E-state index in [4.69, 9.17) is 4.99 Å². The molecule has 0 saturated heterocycles. The molecule has 24 heavy (non-hydrogen) atoms. The van der Waals surface area contributed by atoms with Crippen molar-refractivity contribution in [2.24, 2.45) is 4.99 Å². The van der Waals surface area contributed by atoms with Crippen LogP contribution in [0.1, 0.15) is 23.6 Å². The zero-order chi connectivity index (χ0) is 16.5. The standard InChI is InChI=1S/C19H25N3O.HI/c1-3-20-19(22(2)14-16-9-5-4-6-10-16)21-13-17-11-7-8-12-18(17)15-23;/h4-12,23H,3,13-15H2,1-2H3,(H,20,21);1H. The largest absolute Gasteiger partial charge is 0.392 e. The molecule has 0 fully saturated rings. The lowest BCUT2D eigenvalue weighted by Gasteiger charge is -2.22. The Morgan fingerprint density at radius 2 is 1.67 bits per heavy atom. The smallest absolute Gasteiger partial charge is 0.194 e. The Kier molecular flexibility index (Phi) is 9.41. The Balaban J connectivity index is 0.00000288. The molecule has 130 valence electrons. The van der Waals surface area contributed by atoms with Gasteiger partial charge >= 0.3 is 0 Å². The zero-order valence-electron chi connectivity index (χ0n) is 14.3. The minimum absolute atomic E-state index is 0. The van der Waals surface area contributed by atoms with Crippen molar-refractivity contribution < 1.29 is 5.11 Å². The number of hydrogen-bond acceptors (Lipinski definition) is 2. The molecule has 4 nitrogen and oxygen atoms in total. The Labute approximate surface area is 161 Å². The number of guanidine groups is 1. The maximum absolute atomic E-state index is 9.42. The van der Waals surface area contributed by atoms with E-state index < -0.39 is 0 Å². The Morgan fingerprint density at radius 3 is 2.29 bits per heavy atom. The van der Waals surface area contributed by atoms with Crippen molar-refractivity contribution in [2.45, 2.75) is 26.6 Å². The number of nitrogens with zero attached hydrogens (tertiary/aromatic N) is 2. The number of rotatable bonds is 6. The van der Waals surface area contributed by atoms with Crippen molar-refractivity contribution in [1.82, 2.24) is 10.2 Å². The molecule has 0 spiro atoms. The molecule has 0 radical (unpaired) electrons. The summed E-state index contributed by atoms with van der Waals surface area (Å²) in [5.74, 6) is 0.865. The lowest BCUT2D eigenvalue weighted by Crippen LogP contribution is -2.38. The van der Waals surface area contributed by atoms with Crippen molar-refractivity contribution in [1.29, 1.82) is 0 Å². The number of benzene rings is 2. The van der Waals surface area contributed by atoms with Crippen LogP contribution in [0.15, 0.2) is 59.6 Å². The highest BCUT2D eigenvalue weighted by molar-refractivity contribution is 14.0. The molecule has 0 aromatic heterocycles. The van der Waals surface area contributed by atoms with E-state index in [9.17, 15) is 5.11 Å². The third kappa shape index (κ3) is 6.13. The average molecular weight is 439 g/mol. The van der Waals surface area contributed by atoms with Gasteiger partial charge in [-0.1, -0.05) is 54.6 Å². The molecule has 0 bridgehead atoms. The molecule has 0 unspecified atom stereocenters. The second-order valence-corrected chi connectivity index (χ2v) is 5.44. The number of nitrogens with one attached hydrogen (secondary N) is 1. The van der Waals surface area contributed by atoms with Gasteiger partial charge in [-0.25, -0.2) is 4.99 Å². The Morgan fingerprint density at radius 1 is 1.04 bits per heavy atom. The molecule has 2 N–H and O–H groups in total. The van der Waals surface area contributed by atoms with Crippen molar-refractivity contribution in [3.05, 3.63) is 71.3 Å². The van der Waals surface area contributed by atoms with Gasteiger partial charge in [0.05, 0.1) is 13.2 Å². The normalized spacial score (nSPS) is 10.9. The zero-order valence-corrected chi connectivity index (χ0v) is 16.6. The summed E-state index contributed by atoms with van der Waals surface area (Å²) in [5.41, 5.74) is 3.23. The molecule has 0 aliphatic rings. The molecule has 0 aliphatic heterocycles. The first-order valence-electron chi connectivity index (χ1n) is 7.95. The summed E-state index contributed by atoms with van der Waals surface area (Å²) in [4.78, 5) is 6.82. The third-order valence-electron chi connectivity index (χ3n) is 3.65. The number of aliphatic imine (C=N–C) groups is 1.